The Hall–Kier alpha value is -1.88. The van der Waals surface area contributed by atoms with E-state index in [9.17, 15) is 4.79 Å². The molecule has 0 unspecified atom stereocenters. The van der Waals surface area contributed by atoms with E-state index in [1.54, 1.807) is 10.7 Å². The Morgan fingerprint density at radius 3 is 3.00 bits per heavy atom. The van der Waals surface area contributed by atoms with E-state index in [2.05, 4.69) is 15.4 Å². The van der Waals surface area contributed by atoms with Crippen molar-refractivity contribution in [3.05, 3.63) is 47.0 Å². The van der Waals surface area contributed by atoms with Crippen molar-refractivity contribution < 1.29 is 4.79 Å². The topological polar surface area (TPSA) is 59.8 Å². The molecule has 0 aromatic carbocycles. The number of pyridine rings is 1. The summed E-state index contributed by atoms with van der Waals surface area (Å²) in [6.07, 6.45) is 3.32. The van der Waals surface area contributed by atoms with Gasteiger partial charge in [-0.3, -0.25) is 9.48 Å². The van der Waals surface area contributed by atoms with Crippen molar-refractivity contribution in [1.82, 2.24) is 20.1 Å². The molecule has 1 N–H and O–H groups in total. The lowest BCUT2D eigenvalue weighted by molar-refractivity contribution is 0.0950. The quantitative estimate of drug-likeness (QED) is 0.838. The minimum atomic E-state index is -0.194. The van der Waals surface area contributed by atoms with Crippen LogP contribution < -0.4 is 5.32 Å². The van der Waals surface area contributed by atoms with Crippen molar-refractivity contribution in [3.8, 4) is 0 Å². The maximum absolute atomic E-state index is 11.7. The van der Waals surface area contributed by atoms with E-state index < -0.39 is 0 Å². The van der Waals surface area contributed by atoms with E-state index in [1.807, 2.05) is 19.3 Å². The second-order valence-corrected chi connectivity index (χ2v) is 3.92. The fraction of sp³-hybridized carbons (Fsp3) is 0.182. The first-order chi connectivity index (χ1) is 8.15. The van der Waals surface area contributed by atoms with Gasteiger partial charge in [0, 0.05) is 25.0 Å². The summed E-state index contributed by atoms with van der Waals surface area (Å²) in [4.78, 5) is 15.6. The standard InChI is InChI=1S/C11H11ClN4O/c1-16-5-3-9(15-16)7-14-11(17)8-2-4-13-10(12)6-8/h2-6H,7H2,1H3,(H,14,17). The van der Waals surface area contributed by atoms with E-state index in [-0.39, 0.29) is 5.91 Å². The van der Waals surface area contributed by atoms with Gasteiger partial charge < -0.3 is 5.32 Å². The van der Waals surface area contributed by atoms with Crippen LogP contribution in [0, 0.1) is 0 Å². The molecule has 2 aromatic rings. The molecule has 2 heterocycles. The molecule has 0 atom stereocenters. The first-order valence-electron chi connectivity index (χ1n) is 5.03. The Kier molecular flexibility index (Phi) is 3.39. The van der Waals surface area contributed by atoms with Crippen molar-refractivity contribution >= 4 is 17.5 Å². The number of hydrogen-bond acceptors (Lipinski definition) is 3. The maximum Gasteiger partial charge on any atom is 0.251 e. The Labute approximate surface area is 103 Å². The Bertz CT molecular complexity index is 538. The predicted octanol–water partition coefficient (Wildman–Crippen LogP) is 1.40. The average molecular weight is 251 g/mol. The highest BCUT2D eigenvalue weighted by molar-refractivity contribution is 6.29. The van der Waals surface area contributed by atoms with Gasteiger partial charge in [-0.25, -0.2) is 4.98 Å². The van der Waals surface area contributed by atoms with Gasteiger partial charge in [-0.2, -0.15) is 5.10 Å². The maximum atomic E-state index is 11.7. The highest BCUT2D eigenvalue weighted by Gasteiger charge is 2.06. The van der Waals surface area contributed by atoms with Crippen LogP contribution in [0.1, 0.15) is 16.1 Å². The van der Waals surface area contributed by atoms with Gasteiger partial charge in [0.25, 0.3) is 5.91 Å². The molecule has 0 bridgehead atoms. The molecule has 0 saturated carbocycles. The van der Waals surface area contributed by atoms with Crippen LogP contribution in [0.5, 0.6) is 0 Å². The fourth-order valence-electron chi connectivity index (χ4n) is 1.37. The number of aryl methyl sites for hydroxylation is 1. The van der Waals surface area contributed by atoms with Crippen LogP contribution in [-0.4, -0.2) is 20.7 Å². The third-order valence-electron chi connectivity index (χ3n) is 2.19. The molecule has 17 heavy (non-hydrogen) atoms. The summed E-state index contributed by atoms with van der Waals surface area (Å²) >= 11 is 5.70. The molecule has 0 radical (unpaired) electrons. The zero-order valence-electron chi connectivity index (χ0n) is 9.22. The predicted molar refractivity (Wildman–Crippen MR) is 63.6 cm³/mol. The molecule has 0 saturated heterocycles. The highest BCUT2D eigenvalue weighted by atomic mass is 35.5. The van der Waals surface area contributed by atoms with Crippen molar-refractivity contribution in [1.29, 1.82) is 0 Å². The van der Waals surface area contributed by atoms with Gasteiger partial charge in [0.15, 0.2) is 0 Å². The molecule has 0 aliphatic heterocycles. The number of hydrogen-bond donors (Lipinski definition) is 1. The van der Waals surface area contributed by atoms with E-state index in [0.717, 1.165) is 5.69 Å². The number of nitrogens with one attached hydrogen (secondary N) is 1. The van der Waals surface area contributed by atoms with Crippen molar-refractivity contribution in [2.24, 2.45) is 7.05 Å². The third kappa shape index (κ3) is 3.04. The van der Waals surface area contributed by atoms with E-state index in [1.165, 1.54) is 12.3 Å². The number of aromatic nitrogens is 3. The van der Waals surface area contributed by atoms with Gasteiger partial charge in [0.1, 0.15) is 5.15 Å². The van der Waals surface area contributed by atoms with Crippen molar-refractivity contribution in [2.45, 2.75) is 6.54 Å². The van der Waals surface area contributed by atoms with Gasteiger partial charge in [-0.15, -0.1) is 0 Å². The smallest absolute Gasteiger partial charge is 0.251 e. The summed E-state index contributed by atoms with van der Waals surface area (Å²) in [6, 6.07) is 4.98. The Morgan fingerprint density at radius 2 is 2.35 bits per heavy atom. The van der Waals surface area contributed by atoms with Crippen LogP contribution in [0.4, 0.5) is 0 Å². The Balaban J connectivity index is 1.98. The number of carbonyl (C=O) groups is 1. The van der Waals surface area contributed by atoms with Crippen LogP contribution in [0.2, 0.25) is 5.15 Å². The van der Waals surface area contributed by atoms with Crippen molar-refractivity contribution in [2.75, 3.05) is 0 Å². The Morgan fingerprint density at radius 1 is 1.53 bits per heavy atom. The van der Waals surface area contributed by atoms with Gasteiger partial charge in [-0.1, -0.05) is 11.6 Å². The van der Waals surface area contributed by atoms with Crippen LogP contribution in [-0.2, 0) is 13.6 Å². The number of halogens is 1. The molecule has 5 nitrogen and oxygen atoms in total. The van der Waals surface area contributed by atoms with Gasteiger partial charge >= 0.3 is 0 Å². The number of carbonyl (C=O) groups excluding carboxylic acids is 1. The minimum absolute atomic E-state index is 0.194. The summed E-state index contributed by atoms with van der Waals surface area (Å²) in [7, 11) is 1.83. The summed E-state index contributed by atoms with van der Waals surface area (Å²) < 4.78 is 1.69. The van der Waals surface area contributed by atoms with Crippen LogP contribution in [0.25, 0.3) is 0 Å². The average Bonchev–Trinajstić information content (AvgIpc) is 2.72. The first kappa shape index (κ1) is 11.6. The molecule has 88 valence electrons. The summed E-state index contributed by atoms with van der Waals surface area (Å²) in [5.74, 6) is -0.194. The monoisotopic (exact) mass is 250 g/mol. The van der Waals surface area contributed by atoms with E-state index in [0.29, 0.717) is 17.3 Å². The fourth-order valence-corrected chi connectivity index (χ4v) is 1.55. The number of nitrogens with zero attached hydrogens (tertiary/aromatic N) is 3. The van der Waals surface area contributed by atoms with E-state index in [4.69, 9.17) is 11.6 Å². The zero-order chi connectivity index (χ0) is 12.3. The van der Waals surface area contributed by atoms with Gasteiger partial charge in [-0.05, 0) is 18.2 Å². The lowest BCUT2D eigenvalue weighted by Crippen LogP contribution is -2.23. The summed E-state index contributed by atoms with van der Waals surface area (Å²) in [5, 5.41) is 7.21. The van der Waals surface area contributed by atoms with Crippen LogP contribution >= 0.6 is 11.6 Å². The van der Waals surface area contributed by atoms with E-state index >= 15 is 0 Å². The largest absolute Gasteiger partial charge is 0.346 e. The first-order valence-corrected chi connectivity index (χ1v) is 5.41. The second kappa shape index (κ2) is 4.97. The molecule has 2 aromatic heterocycles. The summed E-state index contributed by atoms with van der Waals surface area (Å²) in [5.41, 5.74) is 1.29. The normalized spacial score (nSPS) is 10.2. The van der Waals surface area contributed by atoms with Gasteiger partial charge in [0.2, 0.25) is 0 Å². The lowest BCUT2D eigenvalue weighted by atomic mass is 10.2. The van der Waals surface area contributed by atoms with Crippen LogP contribution in [0.15, 0.2) is 30.6 Å². The minimum Gasteiger partial charge on any atom is -0.346 e. The lowest BCUT2D eigenvalue weighted by Gasteiger charge is -2.03. The SMILES string of the molecule is Cn1ccc(CNC(=O)c2ccnc(Cl)c2)n1. The molecule has 6 heteroatoms. The molecular weight excluding hydrogens is 240 g/mol. The highest BCUT2D eigenvalue weighted by Crippen LogP contribution is 2.07. The zero-order valence-corrected chi connectivity index (χ0v) is 9.98. The summed E-state index contributed by atoms with van der Waals surface area (Å²) in [6.45, 7) is 0.389. The van der Waals surface area contributed by atoms with Gasteiger partial charge in [0.05, 0.1) is 12.2 Å². The van der Waals surface area contributed by atoms with Crippen LogP contribution in [0.3, 0.4) is 0 Å². The molecule has 2 rings (SSSR count). The number of rotatable bonds is 3. The third-order valence-corrected chi connectivity index (χ3v) is 2.39. The molecule has 0 aliphatic carbocycles. The molecule has 0 aliphatic rings. The molecule has 1 amide bonds. The molecule has 0 spiro atoms. The second-order valence-electron chi connectivity index (χ2n) is 3.53. The van der Waals surface area contributed by atoms with Crippen molar-refractivity contribution in [3.63, 3.8) is 0 Å². The molecule has 0 fully saturated rings. The molecular formula is C11H11ClN4O. The number of amides is 1.